The van der Waals surface area contributed by atoms with E-state index in [0.717, 1.165) is 23.0 Å². The van der Waals surface area contributed by atoms with E-state index < -0.39 is 11.6 Å². The summed E-state index contributed by atoms with van der Waals surface area (Å²) in [5.74, 6) is -1.24. The molecule has 7 heteroatoms. The molecular formula is C17H22F2N4O. The average Bonchev–Trinajstić information content (AvgIpc) is 2.70. The van der Waals surface area contributed by atoms with Gasteiger partial charge in [0, 0.05) is 30.9 Å². The predicted molar refractivity (Wildman–Crippen MR) is 87.7 cm³/mol. The molecule has 2 rings (SSSR count). The summed E-state index contributed by atoms with van der Waals surface area (Å²) in [6.45, 7) is 6.02. The highest BCUT2D eigenvalue weighted by Gasteiger charge is 2.17. The molecule has 0 saturated heterocycles. The average molecular weight is 336 g/mol. The van der Waals surface area contributed by atoms with E-state index in [9.17, 15) is 13.6 Å². The van der Waals surface area contributed by atoms with Gasteiger partial charge in [0.15, 0.2) is 0 Å². The van der Waals surface area contributed by atoms with Gasteiger partial charge < -0.3 is 10.6 Å². The largest absolute Gasteiger partial charge is 0.338 e. The number of hydrogen-bond donors (Lipinski definition) is 2. The van der Waals surface area contributed by atoms with Crippen molar-refractivity contribution >= 4 is 6.03 Å². The van der Waals surface area contributed by atoms with Crippen LogP contribution in [0.1, 0.15) is 35.5 Å². The number of carbonyl (C=O) groups excluding carboxylic acids is 1. The number of aryl methyl sites for hydroxylation is 2. The van der Waals surface area contributed by atoms with E-state index in [2.05, 4.69) is 15.7 Å². The molecule has 1 aromatic carbocycles. The van der Waals surface area contributed by atoms with Gasteiger partial charge in [-0.1, -0.05) is 0 Å². The van der Waals surface area contributed by atoms with Gasteiger partial charge in [0.05, 0.1) is 11.7 Å². The fourth-order valence-corrected chi connectivity index (χ4v) is 2.81. The van der Waals surface area contributed by atoms with E-state index in [0.29, 0.717) is 12.0 Å². The first-order valence-corrected chi connectivity index (χ1v) is 7.77. The molecule has 0 spiro atoms. The zero-order valence-electron chi connectivity index (χ0n) is 14.3. The van der Waals surface area contributed by atoms with Crippen molar-refractivity contribution < 1.29 is 13.6 Å². The van der Waals surface area contributed by atoms with E-state index in [1.165, 1.54) is 12.1 Å². The smallest absolute Gasteiger partial charge is 0.315 e. The maximum atomic E-state index is 13.1. The number of rotatable bonds is 5. The predicted octanol–water partition coefficient (Wildman–Crippen LogP) is 2.92. The maximum absolute atomic E-state index is 13.1. The number of nitrogens with one attached hydrogen (secondary N) is 2. The maximum Gasteiger partial charge on any atom is 0.315 e. The zero-order chi connectivity index (χ0) is 17.9. The molecule has 1 heterocycles. The summed E-state index contributed by atoms with van der Waals surface area (Å²) in [7, 11) is 1.86. The third kappa shape index (κ3) is 4.31. The Morgan fingerprint density at radius 1 is 1.25 bits per heavy atom. The molecule has 130 valence electrons. The Labute approximate surface area is 140 Å². The van der Waals surface area contributed by atoms with Gasteiger partial charge in [0.1, 0.15) is 11.6 Å². The number of urea groups is 1. The number of nitrogens with zero attached hydrogens (tertiary/aromatic N) is 2. The topological polar surface area (TPSA) is 59.0 Å². The highest BCUT2D eigenvalue weighted by molar-refractivity contribution is 5.74. The summed E-state index contributed by atoms with van der Waals surface area (Å²) in [4.78, 5) is 12.0. The van der Waals surface area contributed by atoms with E-state index in [4.69, 9.17) is 0 Å². The third-order valence-electron chi connectivity index (χ3n) is 3.97. The SMILES string of the molecule is Cc1nn(C)c(C)c1C(C)NC(=O)NCCc1cc(F)cc(F)c1. The van der Waals surface area contributed by atoms with E-state index in [1.807, 2.05) is 27.8 Å². The van der Waals surface area contributed by atoms with Crippen LogP contribution in [-0.2, 0) is 13.5 Å². The van der Waals surface area contributed by atoms with Gasteiger partial charge >= 0.3 is 6.03 Å². The first kappa shape index (κ1) is 17.9. The first-order chi connectivity index (χ1) is 11.3. The molecule has 0 aliphatic heterocycles. The van der Waals surface area contributed by atoms with Crippen LogP contribution in [0.3, 0.4) is 0 Å². The molecule has 0 saturated carbocycles. The summed E-state index contributed by atoms with van der Waals surface area (Å²) in [5.41, 5.74) is 3.35. The number of aromatic nitrogens is 2. The summed E-state index contributed by atoms with van der Waals surface area (Å²) < 4.78 is 28.0. The highest BCUT2D eigenvalue weighted by Crippen LogP contribution is 2.20. The van der Waals surface area contributed by atoms with Gasteiger partial charge in [0.2, 0.25) is 0 Å². The summed E-state index contributed by atoms with van der Waals surface area (Å²) in [6.07, 6.45) is 0.349. The second-order valence-corrected chi connectivity index (χ2v) is 5.86. The molecule has 2 aromatic rings. The minimum Gasteiger partial charge on any atom is -0.338 e. The van der Waals surface area contributed by atoms with Crippen molar-refractivity contribution in [3.05, 3.63) is 52.3 Å². The van der Waals surface area contributed by atoms with Crippen LogP contribution >= 0.6 is 0 Å². The number of carbonyl (C=O) groups is 1. The Morgan fingerprint density at radius 3 is 2.42 bits per heavy atom. The summed E-state index contributed by atoms with van der Waals surface area (Å²) in [6, 6.07) is 2.82. The van der Waals surface area contributed by atoms with Crippen LogP contribution in [-0.4, -0.2) is 22.4 Å². The molecular weight excluding hydrogens is 314 g/mol. The van der Waals surface area contributed by atoms with Crippen LogP contribution in [0.4, 0.5) is 13.6 Å². The Morgan fingerprint density at radius 2 is 1.88 bits per heavy atom. The number of amides is 2. The normalized spacial score (nSPS) is 12.1. The molecule has 2 N–H and O–H groups in total. The van der Waals surface area contributed by atoms with Gasteiger partial charge in [0.25, 0.3) is 0 Å². The van der Waals surface area contributed by atoms with Gasteiger partial charge in [-0.2, -0.15) is 5.10 Å². The van der Waals surface area contributed by atoms with E-state index in [1.54, 1.807) is 4.68 Å². The van der Waals surface area contributed by atoms with Gasteiger partial charge in [-0.15, -0.1) is 0 Å². The zero-order valence-corrected chi connectivity index (χ0v) is 14.3. The minimum absolute atomic E-state index is 0.190. The quantitative estimate of drug-likeness (QED) is 0.882. The minimum atomic E-state index is -0.620. The molecule has 0 aliphatic rings. The fraction of sp³-hybridized carbons (Fsp3) is 0.412. The molecule has 1 atom stereocenters. The van der Waals surface area contributed by atoms with Crippen LogP contribution in [0, 0.1) is 25.5 Å². The molecule has 2 amide bonds. The van der Waals surface area contributed by atoms with Crippen molar-refractivity contribution in [2.45, 2.75) is 33.2 Å². The molecule has 24 heavy (non-hydrogen) atoms. The van der Waals surface area contributed by atoms with Crippen LogP contribution in [0.2, 0.25) is 0 Å². The van der Waals surface area contributed by atoms with Gasteiger partial charge in [-0.25, -0.2) is 13.6 Å². The van der Waals surface area contributed by atoms with Crippen molar-refractivity contribution in [3.63, 3.8) is 0 Å². The lowest BCUT2D eigenvalue weighted by Crippen LogP contribution is -2.38. The van der Waals surface area contributed by atoms with E-state index >= 15 is 0 Å². The third-order valence-corrected chi connectivity index (χ3v) is 3.97. The van der Waals surface area contributed by atoms with Gasteiger partial charge in [-0.05, 0) is 44.9 Å². The van der Waals surface area contributed by atoms with Crippen molar-refractivity contribution in [2.24, 2.45) is 7.05 Å². The molecule has 0 bridgehead atoms. The molecule has 0 aliphatic carbocycles. The fourth-order valence-electron chi connectivity index (χ4n) is 2.81. The summed E-state index contributed by atoms with van der Waals surface area (Å²) in [5, 5.41) is 9.87. The molecule has 5 nitrogen and oxygen atoms in total. The van der Waals surface area contributed by atoms with E-state index in [-0.39, 0.29) is 18.6 Å². The molecule has 0 radical (unpaired) electrons. The van der Waals surface area contributed by atoms with Crippen molar-refractivity contribution in [1.29, 1.82) is 0 Å². The lowest BCUT2D eigenvalue weighted by Gasteiger charge is -2.15. The first-order valence-electron chi connectivity index (χ1n) is 7.77. The van der Waals surface area contributed by atoms with Crippen LogP contribution < -0.4 is 10.6 Å². The van der Waals surface area contributed by atoms with Crippen LogP contribution in [0.15, 0.2) is 18.2 Å². The Kier molecular flexibility index (Phi) is 5.54. The number of halogens is 2. The van der Waals surface area contributed by atoms with Crippen molar-refractivity contribution in [3.8, 4) is 0 Å². The Balaban J connectivity index is 1.87. The lowest BCUT2D eigenvalue weighted by atomic mass is 10.1. The Hall–Kier alpha value is -2.44. The monoisotopic (exact) mass is 336 g/mol. The second-order valence-electron chi connectivity index (χ2n) is 5.86. The number of hydrogen-bond acceptors (Lipinski definition) is 2. The second kappa shape index (κ2) is 7.42. The molecule has 0 fully saturated rings. The van der Waals surface area contributed by atoms with Gasteiger partial charge in [-0.3, -0.25) is 4.68 Å². The highest BCUT2D eigenvalue weighted by atomic mass is 19.1. The molecule has 1 unspecified atom stereocenters. The van der Waals surface area contributed by atoms with Crippen molar-refractivity contribution in [2.75, 3.05) is 6.54 Å². The number of benzene rings is 1. The van der Waals surface area contributed by atoms with Crippen molar-refractivity contribution in [1.82, 2.24) is 20.4 Å². The summed E-state index contributed by atoms with van der Waals surface area (Å²) >= 11 is 0. The van der Waals surface area contributed by atoms with Crippen LogP contribution in [0.25, 0.3) is 0 Å². The van der Waals surface area contributed by atoms with Crippen LogP contribution in [0.5, 0.6) is 0 Å². The molecule has 1 aromatic heterocycles. The lowest BCUT2D eigenvalue weighted by molar-refractivity contribution is 0.238. The standard InChI is InChI=1S/C17H22F2N4O/c1-10(16-11(2)22-23(4)12(16)3)21-17(24)20-6-5-13-7-14(18)9-15(19)8-13/h7-10H,5-6H2,1-4H3,(H2,20,21,24). The Bertz CT molecular complexity index is 722.